The molecule has 0 aliphatic rings. The third-order valence-corrected chi connectivity index (χ3v) is 9.71. The number of ether oxygens (including phenoxy) is 4. The SMILES string of the molecule is CC/C=C\C/C=C\C/C=C\C/C=C\C/C=C\CCCCCCCC(=O)OC(COC(=O)CCCCC/C=C\C/C=C\C/C=C\C/C=C\C/C=C\CC)COC(OCC[N+](C)(C)C)C(=O)O. The number of carbonyl (C=O) groups excluding carboxylic acids is 2. The van der Waals surface area contributed by atoms with Crippen molar-refractivity contribution in [2.75, 3.05) is 47.5 Å². The summed E-state index contributed by atoms with van der Waals surface area (Å²) >= 11 is 0. The van der Waals surface area contributed by atoms with Gasteiger partial charge in [-0.1, -0.05) is 161 Å². The molecule has 0 saturated heterocycles. The fraction of sp³-hybridized carbons (Fsp3) is 0.589. The van der Waals surface area contributed by atoms with Crippen LogP contribution in [0.4, 0.5) is 0 Å². The van der Waals surface area contributed by atoms with Crippen molar-refractivity contribution in [3.05, 3.63) is 122 Å². The average molecular weight is 905 g/mol. The van der Waals surface area contributed by atoms with E-state index in [0.717, 1.165) is 116 Å². The van der Waals surface area contributed by atoms with Gasteiger partial charge in [0.2, 0.25) is 0 Å². The van der Waals surface area contributed by atoms with E-state index in [1.807, 2.05) is 21.1 Å². The van der Waals surface area contributed by atoms with Crippen LogP contribution < -0.4 is 0 Å². The summed E-state index contributed by atoms with van der Waals surface area (Å²) in [7, 11) is 5.93. The molecule has 2 unspecified atom stereocenters. The van der Waals surface area contributed by atoms with E-state index < -0.39 is 24.3 Å². The van der Waals surface area contributed by atoms with Gasteiger partial charge in [0.1, 0.15) is 13.2 Å². The van der Waals surface area contributed by atoms with Gasteiger partial charge in [-0.15, -0.1) is 0 Å². The minimum absolute atomic E-state index is 0.170. The number of rotatable bonds is 43. The summed E-state index contributed by atoms with van der Waals surface area (Å²) in [5.41, 5.74) is 0. The molecule has 1 N–H and O–H groups in total. The topological polar surface area (TPSA) is 108 Å². The third-order valence-electron chi connectivity index (χ3n) is 9.71. The Hall–Kier alpha value is -4.31. The lowest BCUT2D eigenvalue weighted by atomic mass is 10.1. The Morgan fingerprint density at radius 2 is 0.831 bits per heavy atom. The van der Waals surface area contributed by atoms with Crippen molar-refractivity contribution in [2.24, 2.45) is 0 Å². The van der Waals surface area contributed by atoms with Gasteiger partial charge in [0.15, 0.2) is 6.10 Å². The van der Waals surface area contributed by atoms with E-state index in [0.29, 0.717) is 23.9 Å². The first kappa shape index (κ1) is 60.7. The maximum absolute atomic E-state index is 12.8. The van der Waals surface area contributed by atoms with Crippen molar-refractivity contribution in [3.8, 4) is 0 Å². The van der Waals surface area contributed by atoms with Gasteiger partial charge >= 0.3 is 17.9 Å². The Bertz CT molecular complexity index is 1470. The lowest BCUT2D eigenvalue weighted by molar-refractivity contribution is -0.870. The van der Waals surface area contributed by atoms with Crippen LogP contribution in [0.25, 0.3) is 0 Å². The van der Waals surface area contributed by atoms with E-state index in [1.54, 1.807) is 0 Å². The van der Waals surface area contributed by atoms with Gasteiger partial charge in [-0.05, 0) is 103 Å². The van der Waals surface area contributed by atoms with Crippen molar-refractivity contribution in [1.82, 2.24) is 0 Å². The number of hydrogen-bond acceptors (Lipinski definition) is 7. The Morgan fingerprint density at radius 1 is 0.462 bits per heavy atom. The lowest BCUT2D eigenvalue weighted by Gasteiger charge is -2.25. The van der Waals surface area contributed by atoms with Gasteiger partial charge in [0.05, 0.1) is 34.4 Å². The van der Waals surface area contributed by atoms with Gasteiger partial charge in [0, 0.05) is 12.8 Å². The summed E-state index contributed by atoms with van der Waals surface area (Å²) in [6.45, 7) is 4.55. The van der Waals surface area contributed by atoms with Crippen LogP contribution in [0, 0.1) is 0 Å². The van der Waals surface area contributed by atoms with Crippen molar-refractivity contribution < 1.29 is 42.9 Å². The van der Waals surface area contributed by atoms with Crippen molar-refractivity contribution in [1.29, 1.82) is 0 Å². The van der Waals surface area contributed by atoms with Gasteiger partial charge in [-0.2, -0.15) is 0 Å². The molecule has 0 aromatic carbocycles. The summed E-state index contributed by atoms with van der Waals surface area (Å²) < 4.78 is 22.7. The molecule has 0 aliphatic heterocycles. The van der Waals surface area contributed by atoms with E-state index >= 15 is 0 Å². The van der Waals surface area contributed by atoms with Crippen LogP contribution in [0.3, 0.4) is 0 Å². The standard InChI is InChI=1S/C56H89NO8/c1-6-8-10-12-14-16-18-20-22-24-26-27-29-31-33-35-37-39-41-43-45-47-54(59)65-52(51-64-56(55(60)61)62-49-48-57(3,4)5)50-63-53(58)46-44-42-40-38-36-34-32-30-28-25-23-21-19-17-15-13-11-9-7-2/h8-11,14-17,20-23,26-28,30-31,33-34,36,52,56H,6-7,12-13,18-19,24-25,29,32,35,37-51H2,1-5H3/p+1/b10-8-,11-9-,16-14-,17-15-,22-20-,23-21-,27-26-,30-28-,33-31-,36-34-. The molecule has 0 aliphatic carbocycles. The molecule has 0 amide bonds. The largest absolute Gasteiger partial charge is 0.477 e. The quantitative estimate of drug-likeness (QED) is 0.0212. The number of unbranched alkanes of at least 4 members (excludes halogenated alkanes) is 8. The lowest BCUT2D eigenvalue weighted by Crippen LogP contribution is -2.40. The summed E-state index contributed by atoms with van der Waals surface area (Å²) in [5, 5.41) is 9.67. The number of aliphatic carboxylic acids is 1. The molecule has 0 spiro atoms. The first-order chi connectivity index (χ1) is 31.6. The van der Waals surface area contributed by atoms with Crippen LogP contribution >= 0.6 is 0 Å². The number of carboxylic acid groups (broad SMARTS) is 1. The monoisotopic (exact) mass is 905 g/mol. The normalized spacial score (nSPS) is 13.9. The highest BCUT2D eigenvalue weighted by Crippen LogP contribution is 2.12. The van der Waals surface area contributed by atoms with Crippen LogP contribution in [0.5, 0.6) is 0 Å². The molecule has 0 aromatic heterocycles. The zero-order valence-electron chi connectivity index (χ0n) is 41.3. The van der Waals surface area contributed by atoms with Crippen LogP contribution in [0.1, 0.15) is 155 Å². The molecule has 366 valence electrons. The molecule has 0 fully saturated rings. The maximum Gasteiger partial charge on any atom is 0.361 e. The molecule has 0 heterocycles. The van der Waals surface area contributed by atoms with Crippen molar-refractivity contribution >= 4 is 17.9 Å². The summed E-state index contributed by atoms with van der Waals surface area (Å²) in [4.78, 5) is 37.3. The molecular weight excluding hydrogens is 815 g/mol. The number of esters is 2. The second-order valence-corrected chi connectivity index (χ2v) is 17.0. The maximum atomic E-state index is 12.8. The number of allylic oxidation sites excluding steroid dienone is 20. The Labute approximate surface area is 396 Å². The van der Waals surface area contributed by atoms with Crippen LogP contribution in [0.2, 0.25) is 0 Å². The van der Waals surface area contributed by atoms with E-state index in [9.17, 15) is 19.5 Å². The van der Waals surface area contributed by atoms with Gasteiger partial charge in [-0.25, -0.2) is 4.79 Å². The minimum atomic E-state index is -1.53. The fourth-order valence-electron chi connectivity index (χ4n) is 5.95. The van der Waals surface area contributed by atoms with Crippen molar-refractivity contribution in [2.45, 2.75) is 167 Å². The average Bonchev–Trinajstić information content (AvgIpc) is 3.27. The summed E-state index contributed by atoms with van der Waals surface area (Å²) in [5.74, 6) is -2.10. The first-order valence-electron chi connectivity index (χ1n) is 24.7. The Balaban J connectivity index is 4.51. The predicted molar refractivity (Wildman–Crippen MR) is 271 cm³/mol. The van der Waals surface area contributed by atoms with Gasteiger partial charge in [-0.3, -0.25) is 9.59 Å². The molecule has 0 rings (SSSR count). The zero-order chi connectivity index (χ0) is 47.7. The number of likely N-dealkylation sites (N-methyl/N-ethyl adjacent to an activating group) is 1. The number of quaternary nitrogens is 1. The summed E-state index contributed by atoms with van der Waals surface area (Å²) in [6, 6.07) is 0. The van der Waals surface area contributed by atoms with E-state index in [4.69, 9.17) is 18.9 Å². The number of carboxylic acids is 1. The molecule has 65 heavy (non-hydrogen) atoms. The minimum Gasteiger partial charge on any atom is -0.477 e. The van der Waals surface area contributed by atoms with Crippen LogP contribution in [0.15, 0.2) is 122 Å². The number of nitrogens with zero attached hydrogens (tertiary/aromatic N) is 1. The predicted octanol–water partition coefficient (Wildman–Crippen LogP) is 13.8. The Kier molecular flexibility index (Phi) is 43.2. The summed E-state index contributed by atoms with van der Waals surface area (Å²) in [6.07, 6.45) is 61.1. The Morgan fingerprint density at radius 3 is 1.25 bits per heavy atom. The highest BCUT2D eigenvalue weighted by atomic mass is 16.7. The van der Waals surface area contributed by atoms with Gasteiger partial charge < -0.3 is 28.5 Å². The molecule has 0 saturated carbocycles. The van der Waals surface area contributed by atoms with Crippen molar-refractivity contribution in [3.63, 3.8) is 0 Å². The van der Waals surface area contributed by atoms with Gasteiger partial charge in [0.25, 0.3) is 6.29 Å². The van der Waals surface area contributed by atoms with Crippen LogP contribution in [-0.2, 0) is 33.3 Å². The third kappa shape index (κ3) is 47.5. The molecule has 0 radical (unpaired) electrons. The molecular formula is C56H90NO8+. The van der Waals surface area contributed by atoms with E-state index in [2.05, 4.69) is 135 Å². The smallest absolute Gasteiger partial charge is 0.361 e. The molecule has 9 nitrogen and oxygen atoms in total. The molecule has 9 heteroatoms. The molecule has 2 atom stereocenters. The number of hydrogen-bond donors (Lipinski definition) is 1. The van der Waals surface area contributed by atoms with E-state index in [-0.39, 0.29) is 38.6 Å². The van der Waals surface area contributed by atoms with Crippen LogP contribution in [-0.4, -0.2) is 87.4 Å². The first-order valence-corrected chi connectivity index (χ1v) is 24.7. The molecule has 0 bridgehead atoms. The second-order valence-electron chi connectivity index (χ2n) is 17.0. The zero-order valence-corrected chi connectivity index (χ0v) is 41.3. The highest BCUT2D eigenvalue weighted by molar-refractivity contribution is 5.71. The fourth-order valence-corrected chi connectivity index (χ4v) is 5.95. The molecule has 0 aromatic rings. The second kappa shape index (κ2) is 46.2. The highest BCUT2D eigenvalue weighted by Gasteiger charge is 2.25. The number of carbonyl (C=O) groups is 3. The van der Waals surface area contributed by atoms with E-state index in [1.165, 1.54) is 0 Å².